The Morgan fingerprint density at radius 2 is 1.54 bits per heavy atom. The fraction of sp³-hybridized carbons (Fsp3) is 0.429. The summed E-state index contributed by atoms with van der Waals surface area (Å²) in [6, 6.07) is 9.95. The van der Waals surface area contributed by atoms with Gasteiger partial charge >= 0.3 is 18.1 Å². The summed E-state index contributed by atoms with van der Waals surface area (Å²) >= 11 is 0. The molecule has 0 bridgehead atoms. The molecule has 0 spiro atoms. The van der Waals surface area contributed by atoms with Gasteiger partial charge in [0.05, 0.1) is 5.56 Å². The maximum absolute atomic E-state index is 13.2. The van der Waals surface area contributed by atoms with E-state index >= 15 is 0 Å². The van der Waals surface area contributed by atoms with Gasteiger partial charge in [0.15, 0.2) is 0 Å². The summed E-state index contributed by atoms with van der Waals surface area (Å²) < 4.78 is 39.5. The lowest BCUT2D eigenvalue weighted by molar-refractivity contribution is -0.147. The molecule has 0 fully saturated rings. The number of carbonyl (C=O) groups is 2. The molecule has 0 aliphatic carbocycles. The normalized spacial score (nSPS) is 11.0. The van der Waals surface area contributed by atoms with Gasteiger partial charge in [0.25, 0.3) is 0 Å². The third kappa shape index (κ3) is 10.3. The van der Waals surface area contributed by atoms with Crippen molar-refractivity contribution < 1.29 is 27.9 Å². The summed E-state index contributed by atoms with van der Waals surface area (Å²) in [6.07, 6.45) is 6.32. The molecule has 35 heavy (non-hydrogen) atoms. The number of hydrogen-bond acceptors (Lipinski definition) is 2. The van der Waals surface area contributed by atoms with Crippen LogP contribution in [-0.4, -0.2) is 17.0 Å². The van der Waals surface area contributed by atoms with Crippen LogP contribution in [0.2, 0.25) is 0 Å². The first-order chi connectivity index (χ1) is 16.7. The number of nitrogens with one attached hydrogen (secondary N) is 1. The Labute approximate surface area is 204 Å². The summed E-state index contributed by atoms with van der Waals surface area (Å²) in [7, 11) is 0. The lowest BCUT2D eigenvalue weighted by Gasteiger charge is -2.14. The molecule has 0 aromatic heterocycles. The smallest absolute Gasteiger partial charge is 0.416 e. The van der Waals surface area contributed by atoms with Crippen LogP contribution >= 0.6 is 0 Å². The number of alkyl halides is 3. The number of rotatable bonds is 11. The molecule has 2 rings (SSSR count). The third-order valence-electron chi connectivity index (χ3n) is 5.61. The molecule has 0 saturated carbocycles. The minimum atomic E-state index is -4.56. The second-order valence-electron chi connectivity index (χ2n) is 8.53. The third-order valence-corrected chi connectivity index (χ3v) is 5.61. The molecule has 188 valence electrons. The zero-order valence-electron chi connectivity index (χ0n) is 20.0. The van der Waals surface area contributed by atoms with Crippen LogP contribution in [0, 0.1) is 11.8 Å². The van der Waals surface area contributed by atoms with Crippen molar-refractivity contribution in [1.82, 2.24) is 0 Å². The van der Waals surface area contributed by atoms with Gasteiger partial charge in [0, 0.05) is 17.7 Å². The van der Waals surface area contributed by atoms with Gasteiger partial charge in [-0.1, -0.05) is 75.8 Å². The average Bonchev–Trinajstić information content (AvgIpc) is 2.81. The largest absolute Gasteiger partial charge is 0.474 e. The van der Waals surface area contributed by atoms with Gasteiger partial charge in [-0.15, -0.1) is 0 Å². The Morgan fingerprint density at radius 3 is 2.14 bits per heavy atom. The zero-order valence-corrected chi connectivity index (χ0v) is 20.0. The summed E-state index contributed by atoms with van der Waals surface area (Å²) in [5.74, 6) is 3.25. The van der Waals surface area contributed by atoms with E-state index in [0.717, 1.165) is 36.6 Å². The minimum Gasteiger partial charge on any atom is -0.474 e. The molecule has 2 aromatic carbocycles. The zero-order chi connectivity index (χ0) is 25.7. The van der Waals surface area contributed by atoms with Gasteiger partial charge in [-0.3, -0.25) is 4.79 Å². The quantitative estimate of drug-likeness (QED) is 0.200. The minimum absolute atomic E-state index is 0.0274. The molecule has 1 amide bonds. The molecule has 0 saturated heterocycles. The van der Waals surface area contributed by atoms with E-state index in [-0.39, 0.29) is 17.7 Å². The van der Waals surface area contributed by atoms with Crippen molar-refractivity contribution in [3.63, 3.8) is 0 Å². The van der Waals surface area contributed by atoms with Crippen LogP contribution in [-0.2, 0) is 22.2 Å². The van der Waals surface area contributed by atoms with Crippen LogP contribution in [0.15, 0.2) is 42.5 Å². The number of unbranched alkanes of at least 4 members (excludes halogenated alkanes) is 8. The maximum atomic E-state index is 13.2. The maximum Gasteiger partial charge on any atom is 0.416 e. The van der Waals surface area contributed by atoms with Crippen LogP contribution in [0.3, 0.4) is 0 Å². The van der Waals surface area contributed by atoms with Crippen molar-refractivity contribution in [2.75, 3.05) is 5.32 Å². The molecular formula is C28H32F3NO3. The number of hydrogen-bond donors (Lipinski definition) is 2. The molecule has 0 aliphatic heterocycles. The van der Waals surface area contributed by atoms with Gasteiger partial charge in [-0.05, 0) is 54.3 Å². The van der Waals surface area contributed by atoms with Gasteiger partial charge in [-0.25, -0.2) is 4.79 Å². The average molecular weight is 488 g/mol. The van der Waals surface area contributed by atoms with E-state index < -0.39 is 23.6 Å². The van der Waals surface area contributed by atoms with E-state index in [4.69, 9.17) is 5.11 Å². The molecule has 0 unspecified atom stereocenters. The molecule has 2 N–H and O–H groups in total. The van der Waals surface area contributed by atoms with Crippen molar-refractivity contribution in [2.45, 2.75) is 77.3 Å². The topological polar surface area (TPSA) is 66.4 Å². The van der Waals surface area contributed by atoms with Crippen molar-refractivity contribution >= 4 is 17.6 Å². The lowest BCUT2D eigenvalue weighted by Crippen LogP contribution is -2.22. The van der Waals surface area contributed by atoms with Crippen LogP contribution in [0.25, 0.3) is 0 Å². The summed E-state index contributed by atoms with van der Waals surface area (Å²) in [6.45, 7) is 2.21. The highest BCUT2D eigenvalue weighted by Gasteiger charge is 2.31. The molecule has 4 nitrogen and oxygen atoms in total. The van der Waals surface area contributed by atoms with E-state index in [0.29, 0.717) is 5.56 Å². The Kier molecular flexibility index (Phi) is 11.4. The fourth-order valence-corrected chi connectivity index (χ4v) is 3.65. The second-order valence-corrected chi connectivity index (χ2v) is 8.53. The van der Waals surface area contributed by atoms with E-state index in [1.165, 1.54) is 44.9 Å². The van der Waals surface area contributed by atoms with Crippen LogP contribution in [0.4, 0.5) is 18.9 Å². The molecule has 2 aromatic rings. The standard InChI is InChI=1S/C28H32F3NO3/c1-2-3-4-5-6-7-8-9-10-11-12-21-13-15-22(16-14-21)19-23-20-24(28(29,30)31)17-18-25(23)32-26(33)27(34)35/h13-18,20H,2-10,19H2,1H3,(H,32,33)(H,34,35). The first-order valence-corrected chi connectivity index (χ1v) is 12.0. The van der Waals surface area contributed by atoms with E-state index in [1.54, 1.807) is 24.3 Å². The number of benzene rings is 2. The molecule has 0 heterocycles. The Morgan fingerprint density at radius 1 is 0.914 bits per heavy atom. The van der Waals surface area contributed by atoms with Crippen molar-refractivity contribution in [3.05, 3.63) is 64.7 Å². The number of anilines is 1. The monoisotopic (exact) mass is 487 g/mol. The predicted octanol–water partition coefficient (Wildman–Crippen LogP) is 7.20. The van der Waals surface area contributed by atoms with Gasteiger partial charge in [0.1, 0.15) is 0 Å². The van der Waals surface area contributed by atoms with Crippen molar-refractivity contribution in [1.29, 1.82) is 0 Å². The first-order valence-electron chi connectivity index (χ1n) is 12.0. The highest BCUT2D eigenvalue weighted by atomic mass is 19.4. The van der Waals surface area contributed by atoms with Gasteiger partial charge < -0.3 is 10.4 Å². The Hall–Kier alpha value is -3.27. The number of carboxylic acid groups (broad SMARTS) is 1. The molecule has 0 aliphatic rings. The summed E-state index contributed by atoms with van der Waals surface area (Å²) in [4.78, 5) is 22.4. The van der Waals surface area contributed by atoms with Crippen LogP contribution < -0.4 is 5.32 Å². The predicted molar refractivity (Wildman–Crippen MR) is 131 cm³/mol. The number of halogens is 3. The Bertz CT molecular complexity index is 1030. The Balaban J connectivity index is 1.96. The van der Waals surface area contributed by atoms with Gasteiger partial charge in [-0.2, -0.15) is 13.2 Å². The molecule has 0 atom stereocenters. The number of carbonyl (C=O) groups excluding carboxylic acids is 1. The van der Waals surface area contributed by atoms with E-state index in [2.05, 4.69) is 24.1 Å². The fourth-order valence-electron chi connectivity index (χ4n) is 3.65. The molecule has 0 radical (unpaired) electrons. The second kappa shape index (κ2) is 14.2. The number of aliphatic carboxylic acids is 1. The van der Waals surface area contributed by atoms with Gasteiger partial charge in [0.2, 0.25) is 0 Å². The number of carboxylic acids is 1. The number of amides is 1. The SMILES string of the molecule is CCCCCCCCCCC#Cc1ccc(Cc2cc(C(F)(F)F)ccc2NC(=O)C(=O)O)cc1. The molecule has 7 heteroatoms. The van der Waals surface area contributed by atoms with Crippen LogP contribution in [0.5, 0.6) is 0 Å². The van der Waals surface area contributed by atoms with Crippen LogP contribution in [0.1, 0.15) is 87.0 Å². The lowest BCUT2D eigenvalue weighted by atomic mass is 9.99. The summed E-state index contributed by atoms with van der Waals surface area (Å²) in [5, 5.41) is 11.0. The summed E-state index contributed by atoms with van der Waals surface area (Å²) in [5.41, 5.74) is 0.854. The molecular weight excluding hydrogens is 455 g/mol. The highest BCUT2D eigenvalue weighted by molar-refractivity contribution is 6.36. The van der Waals surface area contributed by atoms with E-state index in [1.807, 2.05) is 0 Å². The van der Waals surface area contributed by atoms with Crippen molar-refractivity contribution in [3.8, 4) is 11.8 Å². The highest BCUT2D eigenvalue weighted by Crippen LogP contribution is 2.32. The van der Waals surface area contributed by atoms with E-state index in [9.17, 15) is 22.8 Å². The first kappa shape index (κ1) is 28.0. The van der Waals surface area contributed by atoms with Crippen molar-refractivity contribution in [2.24, 2.45) is 0 Å².